The summed E-state index contributed by atoms with van der Waals surface area (Å²) in [5.41, 5.74) is 0. The average molecular weight is 171 g/mol. The van der Waals surface area contributed by atoms with Crippen molar-refractivity contribution in [3.63, 3.8) is 0 Å². The summed E-state index contributed by atoms with van der Waals surface area (Å²) >= 11 is 0. The summed E-state index contributed by atoms with van der Waals surface area (Å²) in [6.45, 7) is -0.510. The lowest BCUT2D eigenvalue weighted by molar-refractivity contribution is 0.109. The maximum absolute atomic E-state index is 11.0. The molecule has 11 heavy (non-hydrogen) atoms. The third kappa shape index (κ3) is 2.39. The van der Waals surface area contributed by atoms with E-state index >= 15 is 0 Å². The van der Waals surface area contributed by atoms with Crippen molar-refractivity contribution < 1.29 is 14.2 Å². The lowest BCUT2D eigenvalue weighted by Gasteiger charge is -1.83. The molecule has 0 amide bonds. The van der Waals surface area contributed by atoms with E-state index in [1.54, 1.807) is 24.3 Å². The first-order valence-corrected chi connectivity index (χ1v) is 4.28. The Kier molecular flexibility index (Phi) is 3.17. The minimum atomic E-state index is -1.88. The van der Waals surface area contributed by atoms with E-state index in [1.165, 1.54) is 0 Å². The lowest BCUT2D eigenvalue weighted by Crippen LogP contribution is -1.96. The Morgan fingerprint density at radius 2 is 2.00 bits per heavy atom. The van der Waals surface area contributed by atoms with Crippen molar-refractivity contribution >= 4 is 13.3 Å². The summed E-state index contributed by atoms with van der Waals surface area (Å²) in [6, 6.07) is 8.74. The molecule has 0 saturated carbocycles. The van der Waals surface area contributed by atoms with Crippen molar-refractivity contribution in [1.82, 2.24) is 0 Å². The molecule has 1 N–H and O–H groups in total. The Morgan fingerprint density at radius 1 is 1.36 bits per heavy atom. The van der Waals surface area contributed by atoms with E-state index in [0.717, 1.165) is 0 Å². The Balaban J connectivity index is 2.69. The maximum atomic E-state index is 11.0. The molecule has 0 bridgehead atoms. The Hall–Kier alpha value is -0.760. The third-order valence-electron chi connectivity index (χ3n) is 1.14. The fourth-order valence-electron chi connectivity index (χ4n) is 0.677. The molecular formula is C7H8O3P+. The first-order chi connectivity index (χ1) is 5.34. The van der Waals surface area contributed by atoms with Crippen LogP contribution >= 0.6 is 8.03 Å². The zero-order valence-electron chi connectivity index (χ0n) is 5.80. The summed E-state index contributed by atoms with van der Waals surface area (Å²) in [7, 11) is -1.88. The van der Waals surface area contributed by atoms with Gasteiger partial charge in [-0.25, -0.2) is 0 Å². The summed E-state index contributed by atoms with van der Waals surface area (Å²) in [5, 5.41) is 8.89. The molecule has 0 aliphatic rings. The number of rotatable bonds is 3. The number of hydrogen-bond donors (Lipinski definition) is 1. The van der Waals surface area contributed by atoms with Gasteiger partial charge in [0, 0.05) is 0 Å². The standard InChI is InChI=1S/C7H8O3P/c8-6-10-11(9)7-4-2-1-3-5-7/h1-5,8H,6H2/q+1. The molecule has 3 nitrogen and oxygen atoms in total. The van der Waals surface area contributed by atoms with Gasteiger partial charge in [0.2, 0.25) is 5.30 Å². The molecule has 0 saturated heterocycles. The van der Waals surface area contributed by atoms with Gasteiger partial charge in [0.15, 0.2) is 6.79 Å². The van der Waals surface area contributed by atoms with Gasteiger partial charge in [-0.05, 0) is 16.7 Å². The van der Waals surface area contributed by atoms with E-state index < -0.39 is 14.8 Å². The number of hydrogen-bond acceptors (Lipinski definition) is 3. The SMILES string of the molecule is O=[P+](OCO)c1ccccc1. The van der Waals surface area contributed by atoms with Gasteiger partial charge in [0.05, 0.1) is 0 Å². The van der Waals surface area contributed by atoms with E-state index in [4.69, 9.17) is 5.11 Å². The van der Waals surface area contributed by atoms with E-state index in [9.17, 15) is 4.57 Å². The van der Waals surface area contributed by atoms with Gasteiger partial charge >= 0.3 is 8.03 Å². The van der Waals surface area contributed by atoms with Gasteiger partial charge in [0.1, 0.15) is 0 Å². The molecule has 0 heterocycles. The van der Waals surface area contributed by atoms with E-state index in [-0.39, 0.29) is 0 Å². The number of aliphatic hydroxyl groups is 1. The summed E-state index contributed by atoms with van der Waals surface area (Å²) < 4.78 is 15.5. The Morgan fingerprint density at radius 3 is 2.55 bits per heavy atom. The summed E-state index contributed by atoms with van der Waals surface area (Å²) in [6.07, 6.45) is 0. The van der Waals surface area contributed by atoms with E-state index in [0.29, 0.717) is 5.30 Å². The van der Waals surface area contributed by atoms with E-state index in [2.05, 4.69) is 4.52 Å². The highest BCUT2D eigenvalue weighted by Crippen LogP contribution is 2.19. The second-order valence-corrected chi connectivity index (χ2v) is 3.14. The smallest absolute Gasteiger partial charge is 0.367 e. The molecule has 1 unspecified atom stereocenters. The first-order valence-electron chi connectivity index (χ1n) is 3.10. The van der Waals surface area contributed by atoms with Crippen LogP contribution in [0.3, 0.4) is 0 Å². The second-order valence-electron chi connectivity index (χ2n) is 1.85. The van der Waals surface area contributed by atoms with Crippen LogP contribution in [0.25, 0.3) is 0 Å². The molecule has 58 valence electrons. The fourth-order valence-corrected chi connectivity index (χ4v) is 1.35. The fraction of sp³-hybridized carbons (Fsp3) is 0.143. The lowest BCUT2D eigenvalue weighted by atomic mass is 10.4. The molecule has 4 heteroatoms. The van der Waals surface area contributed by atoms with Crippen LogP contribution < -0.4 is 5.30 Å². The van der Waals surface area contributed by atoms with Crippen molar-refractivity contribution in [2.45, 2.75) is 0 Å². The van der Waals surface area contributed by atoms with Crippen molar-refractivity contribution in [2.75, 3.05) is 6.79 Å². The van der Waals surface area contributed by atoms with E-state index in [1.807, 2.05) is 6.07 Å². The molecular weight excluding hydrogens is 163 g/mol. The predicted molar refractivity (Wildman–Crippen MR) is 41.9 cm³/mol. The van der Waals surface area contributed by atoms with Crippen LogP contribution in [0, 0.1) is 0 Å². The van der Waals surface area contributed by atoms with Gasteiger partial charge in [-0.3, -0.25) is 0 Å². The molecule has 1 aromatic rings. The molecule has 0 aromatic heterocycles. The topological polar surface area (TPSA) is 46.5 Å². The van der Waals surface area contributed by atoms with Crippen molar-refractivity contribution in [1.29, 1.82) is 0 Å². The number of benzene rings is 1. The highest BCUT2D eigenvalue weighted by molar-refractivity contribution is 7.48. The summed E-state index contributed by atoms with van der Waals surface area (Å²) in [4.78, 5) is 0. The maximum Gasteiger partial charge on any atom is 0.551 e. The molecule has 0 fully saturated rings. The monoisotopic (exact) mass is 171 g/mol. The molecule has 0 aliphatic heterocycles. The van der Waals surface area contributed by atoms with Gasteiger partial charge in [-0.15, -0.1) is 4.52 Å². The summed E-state index contributed by atoms with van der Waals surface area (Å²) in [5.74, 6) is 0. The minimum Gasteiger partial charge on any atom is -0.367 e. The quantitative estimate of drug-likeness (QED) is 0.545. The van der Waals surface area contributed by atoms with Crippen LogP contribution in [-0.4, -0.2) is 11.9 Å². The van der Waals surface area contributed by atoms with Gasteiger partial charge < -0.3 is 5.11 Å². The zero-order valence-corrected chi connectivity index (χ0v) is 6.70. The molecule has 1 rings (SSSR count). The van der Waals surface area contributed by atoms with Crippen LogP contribution in [0.2, 0.25) is 0 Å². The van der Waals surface area contributed by atoms with Crippen molar-refractivity contribution in [3.05, 3.63) is 30.3 Å². The highest BCUT2D eigenvalue weighted by Gasteiger charge is 2.19. The minimum absolute atomic E-state index is 0.510. The van der Waals surface area contributed by atoms with Gasteiger partial charge in [-0.1, -0.05) is 18.2 Å². The Labute approximate surface area is 65.5 Å². The predicted octanol–water partition coefficient (Wildman–Crippen LogP) is 1.02. The second kappa shape index (κ2) is 4.19. The first kappa shape index (κ1) is 8.34. The van der Waals surface area contributed by atoms with Gasteiger partial charge in [0.25, 0.3) is 0 Å². The van der Waals surface area contributed by atoms with Crippen LogP contribution in [-0.2, 0) is 9.09 Å². The Bertz CT molecular complexity index is 235. The normalized spacial score (nSPS) is 11.2. The van der Waals surface area contributed by atoms with Crippen LogP contribution in [0.5, 0.6) is 0 Å². The van der Waals surface area contributed by atoms with Crippen LogP contribution in [0.1, 0.15) is 0 Å². The largest absolute Gasteiger partial charge is 0.551 e. The van der Waals surface area contributed by atoms with Crippen molar-refractivity contribution in [2.24, 2.45) is 0 Å². The molecule has 1 aromatic carbocycles. The molecule has 0 spiro atoms. The highest BCUT2D eigenvalue weighted by atomic mass is 31.1. The molecule has 0 radical (unpaired) electrons. The third-order valence-corrected chi connectivity index (χ3v) is 2.21. The molecule has 0 aliphatic carbocycles. The van der Waals surface area contributed by atoms with Crippen LogP contribution in [0.15, 0.2) is 30.3 Å². The number of aliphatic hydroxyl groups excluding tert-OH is 1. The van der Waals surface area contributed by atoms with Gasteiger partial charge in [-0.2, -0.15) is 0 Å². The molecule has 1 atom stereocenters. The van der Waals surface area contributed by atoms with Crippen molar-refractivity contribution in [3.8, 4) is 0 Å². The zero-order chi connectivity index (χ0) is 8.10. The average Bonchev–Trinajstić information content (AvgIpc) is 2.07. The van der Waals surface area contributed by atoms with Crippen LogP contribution in [0.4, 0.5) is 0 Å².